The van der Waals surface area contributed by atoms with Gasteiger partial charge in [0, 0.05) is 18.4 Å². The van der Waals surface area contributed by atoms with Crippen molar-refractivity contribution < 1.29 is 18.0 Å². The minimum absolute atomic E-state index is 0.192. The number of alkyl halides is 2. The molecule has 6 heteroatoms. The summed E-state index contributed by atoms with van der Waals surface area (Å²) in [4.78, 5) is 17.7. The van der Waals surface area contributed by atoms with Gasteiger partial charge in [-0.05, 0) is 12.8 Å². The third-order valence-corrected chi connectivity index (χ3v) is 3.80. The molecule has 0 aliphatic carbocycles. The van der Waals surface area contributed by atoms with Crippen LogP contribution in [0, 0.1) is 0 Å². The second kappa shape index (κ2) is 5.82. The fourth-order valence-electron chi connectivity index (χ4n) is 2.53. The van der Waals surface area contributed by atoms with Crippen LogP contribution in [0.4, 0.5) is 8.78 Å². The van der Waals surface area contributed by atoms with Crippen LogP contribution in [0.3, 0.4) is 0 Å². The summed E-state index contributed by atoms with van der Waals surface area (Å²) in [5, 5.41) is 0. The molecule has 1 aromatic heterocycles. The summed E-state index contributed by atoms with van der Waals surface area (Å²) in [7, 11) is 0. The first-order valence-corrected chi connectivity index (χ1v) is 7.42. The molecule has 2 rings (SSSR count). The lowest BCUT2D eigenvalue weighted by atomic mass is 9.93. The van der Waals surface area contributed by atoms with Crippen molar-refractivity contribution in [1.82, 2.24) is 9.88 Å². The van der Waals surface area contributed by atoms with Crippen LogP contribution < -0.4 is 0 Å². The van der Waals surface area contributed by atoms with Crippen LogP contribution in [0.15, 0.2) is 23.3 Å². The molecule has 1 atom stereocenters. The van der Waals surface area contributed by atoms with Gasteiger partial charge in [-0.1, -0.05) is 26.8 Å². The van der Waals surface area contributed by atoms with Crippen molar-refractivity contribution in [3.05, 3.63) is 30.5 Å². The predicted molar refractivity (Wildman–Crippen MR) is 78.7 cm³/mol. The van der Waals surface area contributed by atoms with Crippen molar-refractivity contribution >= 4 is 5.91 Å². The Kier molecular flexibility index (Phi) is 4.40. The first-order chi connectivity index (χ1) is 10.2. The van der Waals surface area contributed by atoms with Gasteiger partial charge in [0.1, 0.15) is 12.3 Å². The highest BCUT2D eigenvalue weighted by Crippen LogP contribution is 2.36. The summed E-state index contributed by atoms with van der Waals surface area (Å²) in [6.07, 6.45) is 3.19. The number of allylic oxidation sites excluding steroid dienone is 1. The Labute approximate surface area is 129 Å². The minimum Gasteiger partial charge on any atom is -0.446 e. The molecule has 122 valence electrons. The lowest BCUT2D eigenvalue weighted by molar-refractivity contribution is -0.158. The molecule has 1 aliphatic rings. The van der Waals surface area contributed by atoms with E-state index in [1.807, 2.05) is 20.8 Å². The molecular weight excluding hydrogens is 290 g/mol. The fraction of sp³-hybridized carbons (Fsp3) is 0.625. The van der Waals surface area contributed by atoms with E-state index in [9.17, 15) is 13.6 Å². The largest absolute Gasteiger partial charge is 0.446 e. The summed E-state index contributed by atoms with van der Waals surface area (Å²) in [5.41, 5.74) is 0.557. The zero-order valence-electron chi connectivity index (χ0n) is 13.2. The molecular formula is C16H22F2N2O2. The smallest absolute Gasteiger partial charge is 0.328 e. The fourth-order valence-corrected chi connectivity index (χ4v) is 2.53. The number of likely N-dealkylation sites (tertiary alicyclic amines) is 1. The van der Waals surface area contributed by atoms with Gasteiger partial charge < -0.3 is 9.32 Å². The van der Waals surface area contributed by atoms with Crippen LogP contribution >= 0.6 is 0 Å². The van der Waals surface area contributed by atoms with E-state index in [-0.39, 0.29) is 5.41 Å². The third-order valence-electron chi connectivity index (χ3n) is 3.80. The molecule has 0 unspecified atom stereocenters. The molecule has 0 aromatic carbocycles. The van der Waals surface area contributed by atoms with Gasteiger partial charge >= 0.3 is 5.92 Å². The molecule has 2 heterocycles. The molecule has 22 heavy (non-hydrogen) atoms. The maximum Gasteiger partial charge on any atom is 0.328 e. The Morgan fingerprint density at radius 1 is 1.55 bits per heavy atom. The van der Waals surface area contributed by atoms with E-state index < -0.39 is 24.3 Å². The number of hydrogen-bond acceptors (Lipinski definition) is 3. The molecule has 1 aliphatic heterocycles. The van der Waals surface area contributed by atoms with E-state index in [1.54, 1.807) is 0 Å². The van der Waals surface area contributed by atoms with Gasteiger partial charge in [0.15, 0.2) is 0 Å². The van der Waals surface area contributed by atoms with Crippen LogP contribution in [-0.4, -0.2) is 28.3 Å². The third kappa shape index (κ3) is 3.20. The molecule has 0 bridgehead atoms. The molecule has 0 radical (unpaired) electrons. The van der Waals surface area contributed by atoms with E-state index >= 15 is 0 Å². The summed E-state index contributed by atoms with van der Waals surface area (Å²) >= 11 is 0. The number of nitrogens with zero attached hydrogens (tertiary/aromatic N) is 2. The number of oxazole rings is 1. The summed E-state index contributed by atoms with van der Waals surface area (Å²) in [6, 6.07) is -0.515. The van der Waals surface area contributed by atoms with Crippen molar-refractivity contribution in [2.75, 3.05) is 6.54 Å². The SMILES string of the molecule is C=CCC(F)(F)C(=O)N1CCC[C@@H]1c1nc(C(C)(C)C)co1. The van der Waals surface area contributed by atoms with Crippen LogP contribution in [0.25, 0.3) is 0 Å². The quantitative estimate of drug-likeness (QED) is 0.793. The first kappa shape index (κ1) is 16.6. The molecule has 0 spiro atoms. The van der Waals surface area contributed by atoms with E-state index in [1.165, 1.54) is 11.2 Å². The number of carbonyl (C=O) groups excluding carboxylic acids is 1. The van der Waals surface area contributed by atoms with Gasteiger partial charge in [-0.3, -0.25) is 4.79 Å². The average Bonchev–Trinajstić information content (AvgIpc) is 3.05. The monoisotopic (exact) mass is 312 g/mol. The lowest BCUT2D eigenvalue weighted by Gasteiger charge is -2.26. The van der Waals surface area contributed by atoms with Gasteiger partial charge in [-0.25, -0.2) is 4.98 Å². The van der Waals surface area contributed by atoms with Gasteiger partial charge in [0.05, 0.1) is 5.69 Å². The van der Waals surface area contributed by atoms with Gasteiger partial charge in [0.2, 0.25) is 5.89 Å². The van der Waals surface area contributed by atoms with Crippen LogP contribution in [-0.2, 0) is 10.2 Å². The lowest BCUT2D eigenvalue weighted by Crippen LogP contribution is -2.43. The Hall–Kier alpha value is -1.72. The Bertz CT molecular complexity index is 561. The van der Waals surface area contributed by atoms with Crippen molar-refractivity contribution in [3.8, 4) is 0 Å². The maximum atomic E-state index is 13.8. The number of carbonyl (C=O) groups is 1. The van der Waals surface area contributed by atoms with Gasteiger partial charge in [0.25, 0.3) is 5.91 Å². The molecule has 0 saturated carbocycles. The zero-order chi connectivity index (χ0) is 16.5. The molecule has 1 aromatic rings. The van der Waals surface area contributed by atoms with Crippen molar-refractivity contribution in [2.45, 2.75) is 57.4 Å². The topological polar surface area (TPSA) is 46.3 Å². The predicted octanol–water partition coefficient (Wildman–Crippen LogP) is 3.85. The summed E-state index contributed by atoms with van der Waals surface area (Å²) < 4.78 is 33.1. The van der Waals surface area contributed by atoms with E-state index in [2.05, 4.69) is 11.6 Å². The van der Waals surface area contributed by atoms with Crippen molar-refractivity contribution in [3.63, 3.8) is 0 Å². The Morgan fingerprint density at radius 3 is 2.77 bits per heavy atom. The zero-order valence-corrected chi connectivity index (χ0v) is 13.2. The van der Waals surface area contributed by atoms with E-state index in [0.29, 0.717) is 25.3 Å². The summed E-state index contributed by atoms with van der Waals surface area (Å²) in [5.74, 6) is -4.26. The number of hydrogen-bond donors (Lipinski definition) is 0. The average molecular weight is 312 g/mol. The standard InChI is InChI=1S/C16H22F2N2O2/c1-5-8-16(17,18)14(21)20-9-6-7-11(20)13-19-12(10-22-13)15(2,3)4/h5,10-11H,1,6-9H2,2-4H3/t11-/m1/s1. The second-order valence-electron chi connectivity index (χ2n) is 6.67. The van der Waals surface area contributed by atoms with Gasteiger partial charge in [-0.2, -0.15) is 8.78 Å². The normalized spacial score (nSPS) is 19.5. The summed E-state index contributed by atoms with van der Waals surface area (Å²) in [6.45, 7) is 9.55. The highest BCUT2D eigenvalue weighted by molar-refractivity contribution is 5.84. The number of aromatic nitrogens is 1. The van der Waals surface area contributed by atoms with Crippen LogP contribution in [0.1, 0.15) is 57.7 Å². The van der Waals surface area contributed by atoms with Crippen molar-refractivity contribution in [1.29, 1.82) is 0 Å². The number of rotatable bonds is 4. The highest BCUT2D eigenvalue weighted by Gasteiger charge is 2.46. The second-order valence-corrected chi connectivity index (χ2v) is 6.67. The van der Waals surface area contributed by atoms with Crippen molar-refractivity contribution in [2.24, 2.45) is 0 Å². The number of halogens is 2. The maximum absolute atomic E-state index is 13.8. The van der Waals surface area contributed by atoms with Gasteiger partial charge in [-0.15, -0.1) is 6.58 Å². The molecule has 1 saturated heterocycles. The molecule has 1 amide bonds. The Balaban J connectivity index is 2.22. The molecule has 1 fully saturated rings. The molecule has 4 nitrogen and oxygen atoms in total. The van der Waals surface area contributed by atoms with E-state index in [0.717, 1.165) is 11.8 Å². The van der Waals surface area contributed by atoms with Crippen LogP contribution in [0.5, 0.6) is 0 Å². The minimum atomic E-state index is -3.43. The first-order valence-electron chi connectivity index (χ1n) is 7.42. The highest BCUT2D eigenvalue weighted by atomic mass is 19.3. The molecule has 0 N–H and O–H groups in total. The number of amides is 1. The Morgan fingerprint density at radius 2 is 2.23 bits per heavy atom. The van der Waals surface area contributed by atoms with E-state index in [4.69, 9.17) is 4.42 Å². The van der Waals surface area contributed by atoms with Crippen LogP contribution in [0.2, 0.25) is 0 Å².